The SMILES string of the molecule is CC(C)(C)OC(=O)N1CCN(C(=O)c2[nH]c(=O)n(-c3ccccc3)c2-c2cccc(Cl)c2)CC1. The van der Waals surface area contributed by atoms with Crippen molar-refractivity contribution in [2.45, 2.75) is 26.4 Å². The van der Waals surface area contributed by atoms with E-state index in [1.165, 1.54) is 4.57 Å². The molecular formula is C25H27ClN4O4. The van der Waals surface area contributed by atoms with Gasteiger partial charge in [0.15, 0.2) is 0 Å². The Kier molecular flexibility index (Phi) is 6.52. The molecule has 34 heavy (non-hydrogen) atoms. The summed E-state index contributed by atoms with van der Waals surface area (Å²) in [7, 11) is 0. The topological polar surface area (TPSA) is 87.6 Å². The van der Waals surface area contributed by atoms with Gasteiger partial charge >= 0.3 is 11.8 Å². The first-order valence-corrected chi connectivity index (χ1v) is 11.5. The fourth-order valence-corrected chi connectivity index (χ4v) is 4.09. The van der Waals surface area contributed by atoms with Gasteiger partial charge in [0.25, 0.3) is 5.91 Å². The molecule has 0 radical (unpaired) electrons. The van der Waals surface area contributed by atoms with E-state index in [1.807, 2.05) is 45.0 Å². The molecule has 2 amide bonds. The first-order chi connectivity index (χ1) is 16.1. The van der Waals surface area contributed by atoms with Crippen molar-refractivity contribution in [3.8, 4) is 16.9 Å². The second-order valence-electron chi connectivity index (χ2n) is 9.09. The minimum absolute atomic E-state index is 0.182. The van der Waals surface area contributed by atoms with Gasteiger partial charge < -0.3 is 19.5 Å². The molecule has 0 bridgehead atoms. The summed E-state index contributed by atoms with van der Waals surface area (Å²) in [5.74, 6) is -0.314. The summed E-state index contributed by atoms with van der Waals surface area (Å²) in [5, 5.41) is 0.495. The molecule has 0 spiro atoms. The zero-order chi connectivity index (χ0) is 24.5. The standard InChI is InChI=1S/C25H27ClN4O4/c1-25(2,3)34-24(33)29-14-12-28(13-15-29)22(31)20-21(17-8-7-9-18(26)16-17)30(23(32)27-20)19-10-5-4-6-11-19/h4-11,16H,12-15H2,1-3H3,(H,27,32). The normalized spacial score (nSPS) is 14.2. The number of carbonyl (C=O) groups is 2. The van der Waals surface area contributed by atoms with Crippen molar-refractivity contribution in [3.63, 3.8) is 0 Å². The van der Waals surface area contributed by atoms with E-state index in [1.54, 1.807) is 40.1 Å². The highest BCUT2D eigenvalue weighted by atomic mass is 35.5. The maximum atomic E-state index is 13.6. The van der Waals surface area contributed by atoms with Crippen molar-refractivity contribution in [1.82, 2.24) is 19.4 Å². The van der Waals surface area contributed by atoms with E-state index < -0.39 is 17.4 Å². The average Bonchev–Trinajstić information content (AvgIpc) is 3.15. The molecule has 1 aromatic heterocycles. The molecule has 0 saturated carbocycles. The fraction of sp³-hybridized carbons (Fsp3) is 0.320. The second-order valence-corrected chi connectivity index (χ2v) is 9.53. The average molecular weight is 483 g/mol. The molecule has 1 aliphatic heterocycles. The Morgan fingerprint density at radius 1 is 0.941 bits per heavy atom. The third-order valence-corrected chi connectivity index (χ3v) is 5.68. The number of aromatic amines is 1. The summed E-state index contributed by atoms with van der Waals surface area (Å²) in [6.07, 6.45) is -0.400. The predicted octanol–water partition coefficient (Wildman–Crippen LogP) is 4.18. The first-order valence-electron chi connectivity index (χ1n) is 11.1. The Hall–Kier alpha value is -3.52. The Balaban J connectivity index is 1.65. The van der Waals surface area contributed by atoms with Gasteiger partial charge in [0.05, 0.1) is 11.4 Å². The molecule has 178 valence electrons. The first kappa shape index (κ1) is 23.6. The van der Waals surface area contributed by atoms with Crippen molar-refractivity contribution in [1.29, 1.82) is 0 Å². The van der Waals surface area contributed by atoms with Crippen LogP contribution in [0.5, 0.6) is 0 Å². The molecule has 9 heteroatoms. The largest absolute Gasteiger partial charge is 0.444 e. The molecule has 8 nitrogen and oxygen atoms in total. The van der Waals surface area contributed by atoms with Crippen molar-refractivity contribution >= 4 is 23.6 Å². The van der Waals surface area contributed by atoms with Crippen LogP contribution in [-0.4, -0.2) is 63.1 Å². The van der Waals surface area contributed by atoms with Gasteiger partial charge in [-0.2, -0.15) is 0 Å². The zero-order valence-corrected chi connectivity index (χ0v) is 20.1. The van der Waals surface area contributed by atoms with Gasteiger partial charge in [0, 0.05) is 36.8 Å². The Bertz CT molecular complexity index is 1250. The van der Waals surface area contributed by atoms with E-state index in [0.717, 1.165) is 0 Å². The van der Waals surface area contributed by atoms with Crippen LogP contribution >= 0.6 is 11.6 Å². The van der Waals surface area contributed by atoms with Crippen LogP contribution in [0.15, 0.2) is 59.4 Å². The molecule has 1 saturated heterocycles. The molecule has 1 N–H and O–H groups in total. The Morgan fingerprint density at radius 3 is 2.21 bits per heavy atom. The number of benzene rings is 2. The molecule has 1 aliphatic rings. The molecule has 0 atom stereocenters. The highest BCUT2D eigenvalue weighted by Gasteiger charge is 2.31. The van der Waals surface area contributed by atoms with Crippen LogP contribution in [0.2, 0.25) is 5.02 Å². The van der Waals surface area contributed by atoms with E-state index in [4.69, 9.17) is 16.3 Å². The smallest absolute Gasteiger partial charge is 0.410 e. The number of nitrogens with one attached hydrogen (secondary N) is 1. The second kappa shape index (κ2) is 9.38. The number of piperazine rings is 1. The molecular weight excluding hydrogens is 456 g/mol. The Morgan fingerprint density at radius 2 is 1.59 bits per heavy atom. The lowest BCUT2D eigenvalue weighted by Gasteiger charge is -2.35. The van der Waals surface area contributed by atoms with Gasteiger partial charge in [-0.15, -0.1) is 0 Å². The number of para-hydroxylation sites is 1. The number of hydrogen-bond donors (Lipinski definition) is 1. The summed E-state index contributed by atoms with van der Waals surface area (Å²) >= 11 is 6.23. The van der Waals surface area contributed by atoms with E-state index >= 15 is 0 Å². The van der Waals surface area contributed by atoms with Gasteiger partial charge in [0.2, 0.25) is 0 Å². The maximum absolute atomic E-state index is 13.6. The molecule has 0 unspecified atom stereocenters. The minimum Gasteiger partial charge on any atom is -0.444 e. The van der Waals surface area contributed by atoms with Crippen LogP contribution < -0.4 is 5.69 Å². The van der Waals surface area contributed by atoms with E-state index in [0.29, 0.717) is 48.1 Å². The number of halogens is 1. The summed E-state index contributed by atoms with van der Waals surface area (Å²) in [6.45, 7) is 6.78. The third kappa shape index (κ3) is 5.02. The Labute approximate surface area is 202 Å². The number of hydrogen-bond acceptors (Lipinski definition) is 4. The molecule has 2 heterocycles. The summed E-state index contributed by atoms with van der Waals surface area (Å²) in [4.78, 5) is 44.9. The lowest BCUT2D eigenvalue weighted by atomic mass is 10.1. The van der Waals surface area contributed by atoms with Crippen molar-refractivity contribution in [2.75, 3.05) is 26.2 Å². The highest BCUT2D eigenvalue weighted by Crippen LogP contribution is 2.28. The number of H-pyrrole nitrogens is 1. The zero-order valence-electron chi connectivity index (χ0n) is 19.4. The lowest BCUT2D eigenvalue weighted by Crippen LogP contribution is -2.51. The number of ether oxygens (including phenoxy) is 1. The van der Waals surface area contributed by atoms with Crippen molar-refractivity contribution < 1.29 is 14.3 Å². The monoisotopic (exact) mass is 482 g/mol. The molecule has 1 fully saturated rings. The van der Waals surface area contributed by atoms with Crippen LogP contribution in [0.4, 0.5) is 4.79 Å². The minimum atomic E-state index is -0.588. The third-order valence-electron chi connectivity index (χ3n) is 5.44. The summed E-state index contributed by atoms with van der Waals surface area (Å²) < 4.78 is 6.92. The lowest BCUT2D eigenvalue weighted by molar-refractivity contribution is 0.0140. The maximum Gasteiger partial charge on any atom is 0.410 e. The van der Waals surface area contributed by atoms with Crippen LogP contribution in [0.3, 0.4) is 0 Å². The van der Waals surface area contributed by atoms with E-state index in [9.17, 15) is 14.4 Å². The van der Waals surface area contributed by atoms with Crippen LogP contribution in [0, 0.1) is 0 Å². The van der Waals surface area contributed by atoms with Crippen LogP contribution in [0.25, 0.3) is 16.9 Å². The number of amides is 2. The molecule has 2 aromatic carbocycles. The summed E-state index contributed by atoms with van der Waals surface area (Å²) in [6, 6.07) is 16.2. The van der Waals surface area contributed by atoms with Gasteiger partial charge in [-0.3, -0.25) is 9.36 Å². The van der Waals surface area contributed by atoms with E-state index in [-0.39, 0.29) is 11.6 Å². The van der Waals surface area contributed by atoms with Gasteiger partial charge in [-0.05, 0) is 45.0 Å². The molecule has 4 rings (SSSR count). The quantitative estimate of drug-likeness (QED) is 0.606. The highest BCUT2D eigenvalue weighted by molar-refractivity contribution is 6.30. The number of nitrogens with zero attached hydrogens (tertiary/aromatic N) is 3. The molecule has 3 aromatic rings. The van der Waals surface area contributed by atoms with Gasteiger partial charge in [0.1, 0.15) is 11.3 Å². The number of imidazole rings is 1. The van der Waals surface area contributed by atoms with Crippen LogP contribution in [-0.2, 0) is 4.74 Å². The number of carbonyl (C=O) groups excluding carboxylic acids is 2. The van der Waals surface area contributed by atoms with Crippen molar-refractivity contribution in [2.24, 2.45) is 0 Å². The predicted molar refractivity (Wildman–Crippen MR) is 131 cm³/mol. The fourth-order valence-electron chi connectivity index (χ4n) is 3.90. The molecule has 0 aliphatic carbocycles. The summed E-state index contributed by atoms with van der Waals surface area (Å²) in [5.41, 5.74) is 0.894. The van der Waals surface area contributed by atoms with Crippen LogP contribution in [0.1, 0.15) is 31.3 Å². The van der Waals surface area contributed by atoms with Gasteiger partial charge in [-0.1, -0.05) is 41.9 Å². The van der Waals surface area contributed by atoms with Gasteiger partial charge in [-0.25, -0.2) is 9.59 Å². The number of rotatable bonds is 3. The van der Waals surface area contributed by atoms with E-state index in [2.05, 4.69) is 4.98 Å². The van der Waals surface area contributed by atoms with Crippen molar-refractivity contribution in [3.05, 3.63) is 75.8 Å². The number of aromatic nitrogens is 2.